The molecule has 0 aliphatic rings. The van der Waals surface area contributed by atoms with Gasteiger partial charge in [-0.25, -0.2) is 0 Å². The zero-order valence-corrected chi connectivity index (χ0v) is 11.3. The minimum atomic E-state index is 0.896. The number of benzene rings is 2. The van der Waals surface area contributed by atoms with Crippen LogP contribution in [0.1, 0.15) is 31.2 Å². The van der Waals surface area contributed by atoms with E-state index in [2.05, 4.69) is 19.1 Å². The van der Waals surface area contributed by atoms with E-state index >= 15 is 0 Å². The van der Waals surface area contributed by atoms with Crippen molar-refractivity contribution in [3.05, 3.63) is 67.1 Å². The van der Waals surface area contributed by atoms with Gasteiger partial charge in [0.1, 0.15) is 11.5 Å². The van der Waals surface area contributed by atoms with Crippen molar-refractivity contribution in [3.8, 4) is 11.5 Å². The molecule has 0 aliphatic heterocycles. The van der Waals surface area contributed by atoms with Crippen molar-refractivity contribution in [2.45, 2.75) is 32.1 Å². The zero-order chi connectivity index (χ0) is 13.3. The quantitative estimate of drug-likeness (QED) is 0.599. The first-order valence-corrected chi connectivity index (χ1v) is 7.00. The van der Waals surface area contributed by atoms with E-state index in [4.69, 9.17) is 4.74 Å². The number of hydrogen-bond donors (Lipinski definition) is 0. The molecule has 0 bridgehead atoms. The lowest BCUT2D eigenvalue weighted by Crippen LogP contribution is -1.92. The fraction of sp³-hybridized carbons (Fsp3) is 0.278. The Morgan fingerprint density at radius 3 is 2.32 bits per heavy atom. The maximum absolute atomic E-state index is 5.95. The van der Waals surface area contributed by atoms with Crippen molar-refractivity contribution in [1.82, 2.24) is 0 Å². The fourth-order valence-electron chi connectivity index (χ4n) is 2.09. The molecule has 1 radical (unpaired) electrons. The second-order valence-corrected chi connectivity index (χ2v) is 4.69. The molecule has 1 nitrogen and oxygen atoms in total. The van der Waals surface area contributed by atoms with Gasteiger partial charge in [-0.3, -0.25) is 0 Å². The van der Waals surface area contributed by atoms with Crippen LogP contribution in [0.5, 0.6) is 11.5 Å². The highest BCUT2D eigenvalue weighted by Crippen LogP contribution is 2.26. The Labute approximate surface area is 116 Å². The van der Waals surface area contributed by atoms with Crippen LogP contribution in [-0.2, 0) is 6.42 Å². The first-order valence-electron chi connectivity index (χ1n) is 7.00. The Bertz CT molecular complexity index is 476. The summed E-state index contributed by atoms with van der Waals surface area (Å²) in [4.78, 5) is 0. The van der Waals surface area contributed by atoms with Gasteiger partial charge in [0, 0.05) is 0 Å². The average molecular weight is 253 g/mol. The molecule has 0 unspecified atom stereocenters. The van der Waals surface area contributed by atoms with E-state index < -0.39 is 0 Å². The molecule has 19 heavy (non-hydrogen) atoms. The average Bonchev–Trinajstić information content (AvgIpc) is 2.46. The van der Waals surface area contributed by atoms with Gasteiger partial charge < -0.3 is 4.74 Å². The molecule has 2 aromatic rings. The summed E-state index contributed by atoms with van der Waals surface area (Å²) in [7, 11) is 0. The van der Waals surface area contributed by atoms with Crippen molar-refractivity contribution < 1.29 is 4.74 Å². The summed E-state index contributed by atoms with van der Waals surface area (Å²) in [6, 6.07) is 18.3. The predicted molar refractivity (Wildman–Crippen MR) is 80.5 cm³/mol. The topological polar surface area (TPSA) is 9.23 Å². The molecule has 0 aromatic heterocycles. The second kappa shape index (κ2) is 7.63. The third kappa shape index (κ3) is 4.44. The van der Waals surface area contributed by atoms with Crippen LogP contribution in [0.25, 0.3) is 0 Å². The smallest absolute Gasteiger partial charge is 0.130 e. The van der Waals surface area contributed by atoms with E-state index in [1.54, 1.807) is 0 Å². The molecule has 1 heteroatoms. The van der Waals surface area contributed by atoms with Crippen LogP contribution in [-0.4, -0.2) is 0 Å². The van der Waals surface area contributed by atoms with E-state index in [1.165, 1.54) is 24.8 Å². The standard InChI is InChI=1S/C18H21O/c1-2-3-4-6-11-16-12-9-10-15-18(16)19-17-13-7-5-8-14-17/h5,7-10,12-15H,1-4,6,11H2. The largest absolute Gasteiger partial charge is 0.457 e. The van der Waals surface area contributed by atoms with Crippen LogP contribution in [0, 0.1) is 6.92 Å². The molecular formula is C18H21O. The van der Waals surface area contributed by atoms with E-state index in [1.807, 2.05) is 42.5 Å². The van der Waals surface area contributed by atoms with Gasteiger partial charge in [0.2, 0.25) is 0 Å². The van der Waals surface area contributed by atoms with Crippen LogP contribution in [0.4, 0.5) is 0 Å². The van der Waals surface area contributed by atoms with Gasteiger partial charge >= 0.3 is 0 Å². The summed E-state index contributed by atoms with van der Waals surface area (Å²) < 4.78 is 5.95. The van der Waals surface area contributed by atoms with Crippen LogP contribution in [0.2, 0.25) is 0 Å². The van der Waals surface area contributed by atoms with E-state index in [0.717, 1.165) is 24.3 Å². The lowest BCUT2D eigenvalue weighted by molar-refractivity contribution is 0.474. The summed E-state index contributed by atoms with van der Waals surface area (Å²) >= 11 is 0. The summed E-state index contributed by atoms with van der Waals surface area (Å²) in [5, 5.41) is 0. The van der Waals surface area contributed by atoms with Gasteiger partial charge in [0.25, 0.3) is 0 Å². The van der Waals surface area contributed by atoms with Gasteiger partial charge in [0.15, 0.2) is 0 Å². The fourth-order valence-corrected chi connectivity index (χ4v) is 2.09. The predicted octanol–water partition coefficient (Wildman–Crippen LogP) is 5.42. The molecule has 0 fully saturated rings. The van der Waals surface area contributed by atoms with Gasteiger partial charge in [-0.2, -0.15) is 0 Å². The first kappa shape index (κ1) is 13.7. The van der Waals surface area contributed by atoms with Crippen LogP contribution >= 0.6 is 0 Å². The van der Waals surface area contributed by atoms with E-state index in [-0.39, 0.29) is 0 Å². The SMILES string of the molecule is [CH2]CCCCCc1ccccc1Oc1ccccc1. The molecule has 2 rings (SSSR count). The molecule has 0 aliphatic carbocycles. The highest BCUT2D eigenvalue weighted by Gasteiger charge is 2.03. The molecule has 0 spiro atoms. The first-order chi connectivity index (χ1) is 9.40. The highest BCUT2D eigenvalue weighted by atomic mass is 16.5. The Morgan fingerprint density at radius 2 is 1.53 bits per heavy atom. The molecule has 0 amide bonds. The molecule has 0 saturated heterocycles. The van der Waals surface area contributed by atoms with Gasteiger partial charge in [-0.05, 0) is 36.6 Å². The van der Waals surface area contributed by atoms with Crippen molar-refractivity contribution in [2.24, 2.45) is 0 Å². The molecular weight excluding hydrogens is 232 g/mol. The number of hydrogen-bond acceptors (Lipinski definition) is 1. The number of ether oxygens (including phenoxy) is 1. The van der Waals surface area contributed by atoms with Crippen molar-refractivity contribution >= 4 is 0 Å². The van der Waals surface area contributed by atoms with Crippen molar-refractivity contribution in [3.63, 3.8) is 0 Å². The Hall–Kier alpha value is -1.76. The minimum Gasteiger partial charge on any atom is -0.457 e. The lowest BCUT2D eigenvalue weighted by atomic mass is 10.1. The Balaban J connectivity index is 2.00. The molecule has 99 valence electrons. The molecule has 0 saturated carbocycles. The van der Waals surface area contributed by atoms with Gasteiger partial charge in [-0.15, -0.1) is 0 Å². The van der Waals surface area contributed by atoms with Gasteiger partial charge in [0.05, 0.1) is 0 Å². The number of para-hydroxylation sites is 2. The monoisotopic (exact) mass is 253 g/mol. The minimum absolute atomic E-state index is 0.896. The zero-order valence-electron chi connectivity index (χ0n) is 11.3. The number of rotatable bonds is 7. The summed E-state index contributed by atoms with van der Waals surface area (Å²) in [5.74, 6) is 1.87. The van der Waals surface area contributed by atoms with Crippen LogP contribution in [0.15, 0.2) is 54.6 Å². The van der Waals surface area contributed by atoms with Crippen molar-refractivity contribution in [2.75, 3.05) is 0 Å². The molecule has 0 N–H and O–H groups in total. The second-order valence-electron chi connectivity index (χ2n) is 4.69. The molecule has 0 heterocycles. The van der Waals surface area contributed by atoms with Gasteiger partial charge in [-0.1, -0.05) is 62.6 Å². The molecule has 2 aromatic carbocycles. The lowest BCUT2D eigenvalue weighted by Gasteiger charge is -2.11. The maximum atomic E-state index is 5.95. The Kier molecular flexibility index (Phi) is 5.49. The number of aryl methyl sites for hydroxylation is 1. The third-order valence-corrected chi connectivity index (χ3v) is 3.14. The summed E-state index contributed by atoms with van der Waals surface area (Å²) in [6.45, 7) is 3.88. The maximum Gasteiger partial charge on any atom is 0.130 e. The summed E-state index contributed by atoms with van der Waals surface area (Å²) in [5.41, 5.74) is 1.29. The van der Waals surface area contributed by atoms with Crippen molar-refractivity contribution in [1.29, 1.82) is 0 Å². The summed E-state index contributed by atoms with van der Waals surface area (Å²) in [6.07, 6.45) is 5.75. The van der Waals surface area contributed by atoms with E-state index in [0.29, 0.717) is 0 Å². The van der Waals surface area contributed by atoms with Crippen LogP contribution < -0.4 is 4.74 Å². The Morgan fingerprint density at radius 1 is 0.789 bits per heavy atom. The third-order valence-electron chi connectivity index (χ3n) is 3.14. The van der Waals surface area contributed by atoms with E-state index in [9.17, 15) is 0 Å². The number of unbranched alkanes of at least 4 members (excludes halogenated alkanes) is 3. The highest BCUT2D eigenvalue weighted by molar-refractivity contribution is 5.37. The van der Waals surface area contributed by atoms with Crippen LogP contribution in [0.3, 0.4) is 0 Å². The molecule has 0 atom stereocenters. The normalized spacial score (nSPS) is 10.4.